The van der Waals surface area contributed by atoms with E-state index < -0.39 is 49.5 Å². The predicted octanol–water partition coefficient (Wildman–Crippen LogP) is 5.44. The zero-order valence-corrected chi connectivity index (χ0v) is 27.9. The normalized spacial score (nSPS) is 23.7. The predicted molar refractivity (Wildman–Crippen MR) is 175 cm³/mol. The van der Waals surface area contributed by atoms with Gasteiger partial charge in [-0.15, -0.1) is 0 Å². The lowest BCUT2D eigenvalue weighted by molar-refractivity contribution is -0.302. The van der Waals surface area contributed by atoms with Crippen LogP contribution in [0.5, 0.6) is 0 Å². The molecule has 9 heteroatoms. The molecule has 0 aromatic rings. The Morgan fingerprint density at radius 3 is 1.77 bits per heavy atom. The summed E-state index contributed by atoms with van der Waals surface area (Å²) in [4.78, 5) is 12.8. The van der Waals surface area contributed by atoms with Crippen molar-refractivity contribution in [3.05, 3.63) is 12.2 Å². The van der Waals surface area contributed by atoms with Gasteiger partial charge in [-0.2, -0.15) is 0 Å². The van der Waals surface area contributed by atoms with E-state index in [1.54, 1.807) is 6.08 Å². The van der Waals surface area contributed by atoms with Crippen LogP contribution in [0.15, 0.2) is 12.2 Å². The first-order valence-electron chi connectivity index (χ1n) is 17.9. The van der Waals surface area contributed by atoms with Crippen LogP contribution in [-0.4, -0.2) is 87.5 Å². The molecule has 0 radical (unpaired) electrons. The first kappa shape index (κ1) is 41.0. The van der Waals surface area contributed by atoms with E-state index in [2.05, 4.69) is 19.2 Å². The number of aliphatic hydroxyl groups excluding tert-OH is 5. The molecule has 1 fully saturated rings. The van der Waals surface area contributed by atoms with Crippen molar-refractivity contribution >= 4 is 5.91 Å². The van der Waals surface area contributed by atoms with Gasteiger partial charge in [0, 0.05) is 6.42 Å². The summed E-state index contributed by atoms with van der Waals surface area (Å²) in [5, 5.41) is 53.7. The molecular formula is C35H67NO8. The molecule has 7 unspecified atom stereocenters. The van der Waals surface area contributed by atoms with Crippen LogP contribution < -0.4 is 5.32 Å². The fourth-order valence-corrected chi connectivity index (χ4v) is 5.62. The monoisotopic (exact) mass is 629 g/mol. The fraction of sp³-hybridized carbons (Fsp3) is 0.914. The highest BCUT2D eigenvalue weighted by atomic mass is 16.7. The second-order valence-corrected chi connectivity index (χ2v) is 12.7. The number of unbranched alkanes of at least 4 members (excludes halogenated alkanes) is 18. The summed E-state index contributed by atoms with van der Waals surface area (Å²) in [5.74, 6) is -0.182. The smallest absolute Gasteiger partial charge is 0.220 e. The molecule has 0 bridgehead atoms. The van der Waals surface area contributed by atoms with E-state index in [1.807, 2.05) is 6.08 Å². The average Bonchev–Trinajstić information content (AvgIpc) is 3.02. The Bertz CT molecular complexity index is 706. The molecule has 7 atom stereocenters. The zero-order chi connectivity index (χ0) is 32.4. The minimum absolute atomic E-state index is 0.182. The number of aliphatic hydroxyl groups is 5. The highest BCUT2D eigenvalue weighted by molar-refractivity contribution is 5.76. The summed E-state index contributed by atoms with van der Waals surface area (Å²) < 4.78 is 11.1. The van der Waals surface area contributed by atoms with E-state index in [4.69, 9.17) is 9.47 Å². The number of amides is 1. The van der Waals surface area contributed by atoms with Gasteiger partial charge in [0.2, 0.25) is 5.91 Å². The summed E-state index contributed by atoms with van der Waals surface area (Å²) in [6.07, 6.45) is 19.7. The number of allylic oxidation sites excluding steroid dienone is 1. The number of hydrogen-bond acceptors (Lipinski definition) is 8. The molecule has 6 N–H and O–H groups in total. The summed E-state index contributed by atoms with van der Waals surface area (Å²) in [6, 6.07) is -0.794. The maximum Gasteiger partial charge on any atom is 0.220 e. The summed E-state index contributed by atoms with van der Waals surface area (Å²) in [6.45, 7) is 3.71. The van der Waals surface area contributed by atoms with E-state index in [0.717, 1.165) is 38.5 Å². The Morgan fingerprint density at radius 1 is 0.750 bits per heavy atom. The minimum atomic E-state index is -1.56. The second-order valence-electron chi connectivity index (χ2n) is 12.7. The van der Waals surface area contributed by atoms with Crippen LogP contribution in [-0.2, 0) is 14.3 Å². The topological polar surface area (TPSA) is 149 Å². The number of hydrogen-bond donors (Lipinski definition) is 6. The Morgan fingerprint density at radius 2 is 1.25 bits per heavy atom. The molecule has 0 aromatic heterocycles. The van der Waals surface area contributed by atoms with E-state index in [-0.39, 0.29) is 12.5 Å². The average molecular weight is 630 g/mol. The van der Waals surface area contributed by atoms with Gasteiger partial charge in [-0.25, -0.2) is 0 Å². The number of rotatable bonds is 28. The van der Waals surface area contributed by atoms with E-state index in [9.17, 15) is 30.3 Å². The SMILES string of the molecule is CCCCCCCCCC/C=C/C(O)C(COC1OC(CO)C(O)C(O)C1O)NC(=O)CCCCCCCCCCCCC. The van der Waals surface area contributed by atoms with Crippen LogP contribution in [0.25, 0.3) is 0 Å². The molecule has 260 valence electrons. The quantitative estimate of drug-likeness (QED) is 0.0495. The molecule has 9 nitrogen and oxygen atoms in total. The highest BCUT2D eigenvalue weighted by Gasteiger charge is 2.44. The molecular weight excluding hydrogens is 562 g/mol. The largest absolute Gasteiger partial charge is 0.394 e. The van der Waals surface area contributed by atoms with Crippen LogP contribution in [0.1, 0.15) is 149 Å². The summed E-state index contributed by atoms with van der Waals surface area (Å²) in [7, 11) is 0. The molecule has 0 aromatic carbocycles. The van der Waals surface area contributed by atoms with Crippen molar-refractivity contribution in [3.8, 4) is 0 Å². The molecule has 1 amide bonds. The fourth-order valence-electron chi connectivity index (χ4n) is 5.62. The van der Waals surface area contributed by atoms with E-state index in [0.29, 0.717) is 6.42 Å². The lowest BCUT2D eigenvalue weighted by Crippen LogP contribution is -2.60. The molecule has 0 spiro atoms. The highest BCUT2D eigenvalue weighted by Crippen LogP contribution is 2.22. The third-order valence-electron chi connectivity index (χ3n) is 8.61. The number of carbonyl (C=O) groups excluding carboxylic acids is 1. The second kappa shape index (κ2) is 27.1. The maximum atomic E-state index is 12.8. The van der Waals surface area contributed by atoms with Gasteiger partial charge in [-0.3, -0.25) is 4.79 Å². The van der Waals surface area contributed by atoms with Crippen LogP contribution >= 0.6 is 0 Å². The van der Waals surface area contributed by atoms with E-state index >= 15 is 0 Å². The standard InChI is InChI=1S/C35H67NO8/c1-3-5-7-9-11-13-15-17-19-21-23-25-31(39)36-28(27-43-35-34(42)33(41)32(40)30(26-37)44-35)29(38)24-22-20-18-16-14-12-10-8-6-4-2/h22,24,28-30,32-35,37-38,40-42H,3-21,23,25-27H2,1-2H3,(H,36,39)/b24-22+. The van der Waals surface area contributed by atoms with Crippen molar-refractivity contribution in [2.45, 2.75) is 192 Å². The van der Waals surface area contributed by atoms with Crippen molar-refractivity contribution in [1.82, 2.24) is 5.32 Å². The molecule has 1 heterocycles. The van der Waals surface area contributed by atoms with Gasteiger partial charge in [0.25, 0.3) is 0 Å². The minimum Gasteiger partial charge on any atom is -0.394 e. The Hall–Kier alpha value is -1.07. The van der Waals surface area contributed by atoms with Crippen LogP contribution in [0.4, 0.5) is 0 Å². The van der Waals surface area contributed by atoms with Crippen molar-refractivity contribution < 1.29 is 39.8 Å². The molecule has 0 aliphatic carbocycles. The molecule has 0 saturated carbocycles. The summed E-state index contributed by atoms with van der Waals surface area (Å²) >= 11 is 0. The maximum absolute atomic E-state index is 12.8. The van der Waals surface area contributed by atoms with Gasteiger partial charge >= 0.3 is 0 Å². The Kier molecular flexibility index (Phi) is 25.2. The zero-order valence-electron chi connectivity index (χ0n) is 27.9. The molecule has 1 saturated heterocycles. The van der Waals surface area contributed by atoms with Crippen molar-refractivity contribution in [1.29, 1.82) is 0 Å². The number of carbonyl (C=O) groups is 1. The van der Waals surface area contributed by atoms with Crippen LogP contribution in [0.2, 0.25) is 0 Å². The molecule has 1 aliphatic rings. The van der Waals surface area contributed by atoms with Gasteiger partial charge in [0.15, 0.2) is 6.29 Å². The third-order valence-corrected chi connectivity index (χ3v) is 8.61. The Labute approximate surface area is 267 Å². The number of nitrogens with one attached hydrogen (secondary N) is 1. The van der Waals surface area contributed by atoms with Crippen molar-refractivity contribution in [2.75, 3.05) is 13.2 Å². The van der Waals surface area contributed by atoms with Gasteiger partial charge in [-0.05, 0) is 19.3 Å². The van der Waals surface area contributed by atoms with Crippen molar-refractivity contribution in [2.24, 2.45) is 0 Å². The van der Waals surface area contributed by atoms with Gasteiger partial charge < -0.3 is 40.3 Å². The summed E-state index contributed by atoms with van der Waals surface area (Å²) in [5.41, 5.74) is 0. The van der Waals surface area contributed by atoms with Gasteiger partial charge in [-0.1, -0.05) is 135 Å². The first-order valence-corrected chi connectivity index (χ1v) is 17.9. The molecule has 1 rings (SSSR count). The van der Waals surface area contributed by atoms with Gasteiger partial charge in [0.1, 0.15) is 24.4 Å². The Balaban J connectivity index is 2.50. The lowest BCUT2D eigenvalue weighted by Gasteiger charge is -2.40. The molecule has 1 aliphatic heterocycles. The van der Waals surface area contributed by atoms with Crippen LogP contribution in [0, 0.1) is 0 Å². The number of ether oxygens (including phenoxy) is 2. The first-order chi connectivity index (χ1) is 21.3. The van der Waals surface area contributed by atoms with Crippen molar-refractivity contribution in [3.63, 3.8) is 0 Å². The van der Waals surface area contributed by atoms with Crippen LogP contribution in [0.3, 0.4) is 0 Å². The third kappa shape index (κ3) is 18.8. The van der Waals surface area contributed by atoms with Gasteiger partial charge in [0.05, 0.1) is 25.4 Å². The van der Waals surface area contributed by atoms with E-state index in [1.165, 1.54) is 89.9 Å². The lowest BCUT2D eigenvalue weighted by atomic mass is 9.99. The molecule has 44 heavy (non-hydrogen) atoms.